The van der Waals surface area contributed by atoms with Gasteiger partial charge in [0.15, 0.2) is 0 Å². The van der Waals surface area contributed by atoms with Crippen molar-refractivity contribution < 1.29 is 20.4 Å². The Bertz CT molecular complexity index is 170. The lowest BCUT2D eigenvalue weighted by Gasteiger charge is -2.19. The second-order valence-corrected chi connectivity index (χ2v) is 3.56. The summed E-state index contributed by atoms with van der Waals surface area (Å²) in [6.45, 7) is 0.667. The Balaban J connectivity index is 2.15. The molecular formula is C7H13NO4. The van der Waals surface area contributed by atoms with Crippen molar-refractivity contribution in [1.29, 1.82) is 0 Å². The SMILES string of the molecule is O[C@@H]1CN2C[C@H](O)[C@H](O)C2[C@H]1O. The molecule has 1 unspecified atom stereocenters. The van der Waals surface area contributed by atoms with E-state index in [4.69, 9.17) is 0 Å². The molecule has 0 aromatic rings. The quantitative estimate of drug-likeness (QED) is 0.318. The first-order valence-electron chi connectivity index (χ1n) is 4.07. The van der Waals surface area contributed by atoms with Gasteiger partial charge in [-0.25, -0.2) is 0 Å². The highest BCUT2D eigenvalue weighted by Gasteiger charge is 2.51. The van der Waals surface area contributed by atoms with Gasteiger partial charge in [-0.15, -0.1) is 0 Å². The molecule has 5 nitrogen and oxygen atoms in total. The third kappa shape index (κ3) is 0.982. The summed E-state index contributed by atoms with van der Waals surface area (Å²) in [6, 6.07) is -0.491. The van der Waals surface area contributed by atoms with Crippen molar-refractivity contribution in [1.82, 2.24) is 4.90 Å². The third-order valence-corrected chi connectivity index (χ3v) is 2.75. The van der Waals surface area contributed by atoms with Gasteiger partial charge in [-0.2, -0.15) is 0 Å². The summed E-state index contributed by atoms with van der Waals surface area (Å²) < 4.78 is 0. The van der Waals surface area contributed by atoms with Crippen molar-refractivity contribution in [2.75, 3.05) is 13.1 Å². The highest BCUT2D eigenvalue weighted by molar-refractivity contribution is 5.05. The molecule has 5 heteroatoms. The van der Waals surface area contributed by atoms with Gasteiger partial charge in [-0.05, 0) is 0 Å². The average molecular weight is 175 g/mol. The van der Waals surface area contributed by atoms with Crippen LogP contribution in [0.15, 0.2) is 0 Å². The van der Waals surface area contributed by atoms with E-state index in [1.807, 2.05) is 0 Å². The van der Waals surface area contributed by atoms with Crippen LogP contribution in [0.25, 0.3) is 0 Å². The second-order valence-electron chi connectivity index (χ2n) is 3.56. The van der Waals surface area contributed by atoms with E-state index in [9.17, 15) is 20.4 Å². The number of hydrogen-bond acceptors (Lipinski definition) is 5. The monoisotopic (exact) mass is 175 g/mol. The highest BCUT2D eigenvalue weighted by atomic mass is 16.4. The summed E-state index contributed by atoms with van der Waals surface area (Å²) in [5, 5.41) is 37.2. The number of aliphatic hydroxyl groups excluding tert-OH is 4. The molecule has 2 aliphatic rings. The van der Waals surface area contributed by atoms with Crippen LogP contribution in [0.2, 0.25) is 0 Å². The number of hydrogen-bond donors (Lipinski definition) is 4. The summed E-state index contributed by atoms with van der Waals surface area (Å²) in [7, 11) is 0. The molecule has 0 radical (unpaired) electrons. The van der Waals surface area contributed by atoms with Gasteiger partial charge in [-0.1, -0.05) is 0 Å². The molecule has 2 heterocycles. The van der Waals surface area contributed by atoms with Crippen molar-refractivity contribution in [3.8, 4) is 0 Å². The minimum Gasteiger partial charge on any atom is -0.389 e. The van der Waals surface area contributed by atoms with Crippen LogP contribution >= 0.6 is 0 Å². The van der Waals surface area contributed by atoms with Crippen LogP contribution < -0.4 is 0 Å². The molecule has 0 bridgehead atoms. The van der Waals surface area contributed by atoms with E-state index >= 15 is 0 Å². The van der Waals surface area contributed by atoms with Crippen molar-refractivity contribution in [2.45, 2.75) is 30.5 Å². The molecule has 4 N–H and O–H groups in total. The number of rotatable bonds is 0. The van der Waals surface area contributed by atoms with Gasteiger partial charge < -0.3 is 20.4 Å². The van der Waals surface area contributed by atoms with E-state index in [2.05, 4.69) is 0 Å². The molecule has 0 aliphatic carbocycles. The Labute approximate surface area is 69.9 Å². The molecule has 70 valence electrons. The third-order valence-electron chi connectivity index (χ3n) is 2.75. The Kier molecular flexibility index (Phi) is 1.85. The molecule has 2 fully saturated rings. The zero-order chi connectivity index (χ0) is 8.88. The van der Waals surface area contributed by atoms with Gasteiger partial charge in [0.05, 0.1) is 30.5 Å². The summed E-state index contributed by atoms with van der Waals surface area (Å²) in [4.78, 5) is 1.71. The molecule has 0 spiro atoms. The first-order chi connectivity index (χ1) is 5.61. The molecule has 2 rings (SSSR count). The summed E-state index contributed by atoms with van der Waals surface area (Å²) in [6.07, 6.45) is -3.46. The number of fused-ring (bicyclic) bond motifs is 1. The van der Waals surface area contributed by atoms with Crippen molar-refractivity contribution in [3.05, 3.63) is 0 Å². The predicted molar refractivity (Wildman–Crippen MR) is 39.4 cm³/mol. The number of aliphatic hydroxyl groups is 4. The smallest absolute Gasteiger partial charge is 0.0992 e. The van der Waals surface area contributed by atoms with E-state index < -0.39 is 30.5 Å². The predicted octanol–water partition coefficient (Wildman–Crippen LogP) is -2.87. The minimum atomic E-state index is -0.933. The average Bonchev–Trinajstić information content (AvgIpc) is 2.40. The Hall–Kier alpha value is -0.200. The van der Waals surface area contributed by atoms with E-state index in [1.54, 1.807) is 4.90 Å². The largest absolute Gasteiger partial charge is 0.389 e. The molecule has 0 aromatic carbocycles. The standard InChI is InChI=1S/C7H13NO4/c9-3-1-8-2-4(10)7(12)5(8)6(3)11/h3-7,9-12H,1-2H2/t3-,4+,5?,6-,7-/m0/s1. The lowest BCUT2D eigenvalue weighted by atomic mass is 10.0. The lowest BCUT2D eigenvalue weighted by Crippen LogP contribution is -2.41. The Morgan fingerprint density at radius 3 is 1.58 bits per heavy atom. The van der Waals surface area contributed by atoms with Crippen LogP contribution in [0.1, 0.15) is 0 Å². The highest BCUT2D eigenvalue weighted by Crippen LogP contribution is 2.28. The maximum absolute atomic E-state index is 9.39. The van der Waals surface area contributed by atoms with Gasteiger partial charge in [0.1, 0.15) is 0 Å². The molecule has 0 amide bonds. The Morgan fingerprint density at radius 1 is 0.833 bits per heavy atom. The lowest BCUT2D eigenvalue weighted by molar-refractivity contribution is -0.0206. The summed E-state index contributed by atoms with van der Waals surface area (Å²) in [5.41, 5.74) is 0. The van der Waals surface area contributed by atoms with E-state index in [0.717, 1.165) is 0 Å². The van der Waals surface area contributed by atoms with Crippen LogP contribution in [0, 0.1) is 0 Å². The normalized spacial score (nSPS) is 54.5. The van der Waals surface area contributed by atoms with Crippen molar-refractivity contribution in [3.63, 3.8) is 0 Å². The van der Waals surface area contributed by atoms with E-state index in [1.165, 1.54) is 0 Å². The first-order valence-corrected chi connectivity index (χ1v) is 4.07. The molecule has 12 heavy (non-hydrogen) atoms. The molecule has 2 aliphatic heterocycles. The number of nitrogens with zero attached hydrogens (tertiary/aromatic N) is 1. The zero-order valence-corrected chi connectivity index (χ0v) is 6.54. The Morgan fingerprint density at radius 2 is 1.25 bits per heavy atom. The zero-order valence-electron chi connectivity index (χ0n) is 6.54. The van der Waals surface area contributed by atoms with Gasteiger partial charge in [-0.3, -0.25) is 4.90 Å². The maximum Gasteiger partial charge on any atom is 0.0992 e. The van der Waals surface area contributed by atoms with Gasteiger partial charge in [0, 0.05) is 13.1 Å². The first kappa shape index (κ1) is 8.40. The van der Waals surface area contributed by atoms with Crippen LogP contribution in [-0.4, -0.2) is 68.9 Å². The maximum atomic E-state index is 9.39. The van der Waals surface area contributed by atoms with Crippen LogP contribution in [0.3, 0.4) is 0 Å². The summed E-state index contributed by atoms with van der Waals surface area (Å²) >= 11 is 0. The topological polar surface area (TPSA) is 84.2 Å². The molecular weight excluding hydrogens is 162 g/mol. The molecule has 0 saturated carbocycles. The summed E-state index contributed by atoms with van der Waals surface area (Å²) in [5.74, 6) is 0. The fraction of sp³-hybridized carbons (Fsp3) is 1.00. The van der Waals surface area contributed by atoms with Crippen LogP contribution in [-0.2, 0) is 0 Å². The van der Waals surface area contributed by atoms with E-state index in [-0.39, 0.29) is 0 Å². The fourth-order valence-electron chi connectivity index (χ4n) is 2.10. The molecule has 5 atom stereocenters. The van der Waals surface area contributed by atoms with Gasteiger partial charge in [0.2, 0.25) is 0 Å². The molecule has 0 aromatic heterocycles. The van der Waals surface area contributed by atoms with Gasteiger partial charge >= 0.3 is 0 Å². The second kappa shape index (κ2) is 2.65. The minimum absolute atomic E-state index is 0.333. The van der Waals surface area contributed by atoms with Crippen LogP contribution in [0.5, 0.6) is 0 Å². The molecule has 2 saturated heterocycles. The fourth-order valence-corrected chi connectivity index (χ4v) is 2.10. The van der Waals surface area contributed by atoms with Crippen molar-refractivity contribution >= 4 is 0 Å². The van der Waals surface area contributed by atoms with E-state index in [0.29, 0.717) is 13.1 Å². The van der Waals surface area contributed by atoms with Gasteiger partial charge in [0.25, 0.3) is 0 Å². The van der Waals surface area contributed by atoms with Crippen molar-refractivity contribution in [2.24, 2.45) is 0 Å². The van der Waals surface area contributed by atoms with Crippen LogP contribution in [0.4, 0.5) is 0 Å².